The molecule has 0 spiro atoms. The van der Waals surface area contributed by atoms with Gasteiger partial charge in [-0.15, -0.1) is 0 Å². The Labute approximate surface area is 115 Å². The molecule has 1 unspecified atom stereocenters. The first-order valence-corrected chi connectivity index (χ1v) is 6.94. The number of benzene rings is 1. The average Bonchev–Trinajstić information content (AvgIpc) is 2.42. The minimum atomic E-state index is -0.225. The topological polar surface area (TPSA) is 49.5 Å². The van der Waals surface area contributed by atoms with Crippen LogP contribution in [0.25, 0.3) is 0 Å². The molecular formula is C15H25FN2O. The van der Waals surface area contributed by atoms with Gasteiger partial charge < -0.3 is 15.7 Å². The quantitative estimate of drug-likeness (QED) is 0.676. The van der Waals surface area contributed by atoms with Crippen LogP contribution in [0.4, 0.5) is 4.39 Å². The molecule has 0 aliphatic heterocycles. The summed E-state index contributed by atoms with van der Waals surface area (Å²) in [5.41, 5.74) is 7.07. The van der Waals surface area contributed by atoms with E-state index in [1.807, 2.05) is 0 Å². The minimum Gasteiger partial charge on any atom is -0.396 e. The summed E-state index contributed by atoms with van der Waals surface area (Å²) < 4.78 is 12.8. The molecular weight excluding hydrogens is 243 g/mol. The van der Waals surface area contributed by atoms with Crippen molar-refractivity contribution in [2.75, 3.05) is 26.7 Å². The highest BCUT2D eigenvalue weighted by molar-refractivity contribution is 5.19. The number of halogens is 1. The van der Waals surface area contributed by atoms with Gasteiger partial charge in [-0.1, -0.05) is 12.1 Å². The van der Waals surface area contributed by atoms with Crippen molar-refractivity contribution in [1.29, 1.82) is 0 Å². The summed E-state index contributed by atoms with van der Waals surface area (Å²) >= 11 is 0. The van der Waals surface area contributed by atoms with Gasteiger partial charge in [0.1, 0.15) is 5.82 Å². The van der Waals surface area contributed by atoms with Gasteiger partial charge in [-0.3, -0.25) is 0 Å². The maximum atomic E-state index is 12.8. The minimum absolute atomic E-state index is 0.0412. The Kier molecular flexibility index (Phi) is 7.63. The monoisotopic (exact) mass is 268 g/mol. The summed E-state index contributed by atoms with van der Waals surface area (Å²) in [5, 5.41) is 8.70. The number of hydrogen-bond donors (Lipinski definition) is 2. The largest absolute Gasteiger partial charge is 0.396 e. The standard InChI is InChI=1S/C15H25FN2O/c1-18(10-3-2-4-12-19)11-9-15(17)13-5-7-14(16)8-6-13/h5-8,15,19H,2-4,9-12,17H2,1H3. The molecule has 1 aromatic carbocycles. The molecule has 1 rings (SSSR count). The van der Waals surface area contributed by atoms with Crippen LogP contribution in [-0.2, 0) is 0 Å². The highest BCUT2D eigenvalue weighted by Gasteiger charge is 2.07. The van der Waals surface area contributed by atoms with E-state index in [-0.39, 0.29) is 18.5 Å². The fraction of sp³-hybridized carbons (Fsp3) is 0.600. The second-order valence-corrected chi connectivity index (χ2v) is 5.03. The number of nitrogens with zero attached hydrogens (tertiary/aromatic N) is 1. The van der Waals surface area contributed by atoms with Gasteiger partial charge in [0.05, 0.1) is 0 Å². The van der Waals surface area contributed by atoms with E-state index in [0.717, 1.165) is 44.3 Å². The van der Waals surface area contributed by atoms with Gasteiger partial charge in [0.2, 0.25) is 0 Å². The van der Waals surface area contributed by atoms with Crippen molar-refractivity contribution in [3.05, 3.63) is 35.6 Å². The van der Waals surface area contributed by atoms with Gasteiger partial charge in [0.25, 0.3) is 0 Å². The van der Waals surface area contributed by atoms with Crippen LogP contribution < -0.4 is 5.73 Å². The van der Waals surface area contributed by atoms with Crippen LogP contribution in [0.15, 0.2) is 24.3 Å². The highest BCUT2D eigenvalue weighted by atomic mass is 19.1. The van der Waals surface area contributed by atoms with E-state index >= 15 is 0 Å². The van der Waals surface area contributed by atoms with Crippen molar-refractivity contribution < 1.29 is 9.50 Å². The second kappa shape index (κ2) is 9.02. The third kappa shape index (κ3) is 6.66. The van der Waals surface area contributed by atoms with Crippen LogP contribution in [-0.4, -0.2) is 36.8 Å². The lowest BCUT2D eigenvalue weighted by Crippen LogP contribution is -2.24. The zero-order valence-corrected chi connectivity index (χ0v) is 11.7. The molecule has 0 aliphatic rings. The van der Waals surface area contributed by atoms with Crippen molar-refractivity contribution in [1.82, 2.24) is 4.90 Å². The molecule has 1 aromatic rings. The molecule has 0 aromatic heterocycles. The van der Waals surface area contributed by atoms with Gasteiger partial charge in [-0.25, -0.2) is 4.39 Å². The number of rotatable bonds is 9. The Bertz CT molecular complexity index is 343. The zero-order chi connectivity index (χ0) is 14.1. The van der Waals surface area contributed by atoms with Crippen LogP contribution in [0.2, 0.25) is 0 Å². The van der Waals surface area contributed by atoms with E-state index in [9.17, 15) is 4.39 Å². The Hall–Kier alpha value is -0.970. The SMILES string of the molecule is CN(CCCCCO)CCC(N)c1ccc(F)cc1. The summed E-state index contributed by atoms with van der Waals surface area (Å²) in [6, 6.07) is 6.37. The first-order valence-electron chi connectivity index (χ1n) is 6.94. The average molecular weight is 268 g/mol. The van der Waals surface area contributed by atoms with Gasteiger partial charge in [-0.2, -0.15) is 0 Å². The third-order valence-electron chi connectivity index (χ3n) is 3.32. The Morgan fingerprint density at radius 3 is 2.47 bits per heavy atom. The van der Waals surface area contributed by atoms with Crippen LogP contribution in [0.1, 0.15) is 37.3 Å². The van der Waals surface area contributed by atoms with Gasteiger partial charge in [0.15, 0.2) is 0 Å². The Balaban J connectivity index is 2.22. The molecule has 0 radical (unpaired) electrons. The second-order valence-electron chi connectivity index (χ2n) is 5.03. The molecule has 0 amide bonds. The van der Waals surface area contributed by atoms with Crippen molar-refractivity contribution in [3.63, 3.8) is 0 Å². The van der Waals surface area contributed by atoms with E-state index in [1.165, 1.54) is 12.1 Å². The fourth-order valence-corrected chi connectivity index (χ4v) is 2.02. The first kappa shape index (κ1) is 16.1. The van der Waals surface area contributed by atoms with E-state index in [4.69, 9.17) is 10.8 Å². The third-order valence-corrected chi connectivity index (χ3v) is 3.32. The Morgan fingerprint density at radius 2 is 1.84 bits per heavy atom. The number of hydrogen-bond acceptors (Lipinski definition) is 3. The van der Waals surface area contributed by atoms with Crippen LogP contribution in [0.5, 0.6) is 0 Å². The summed E-state index contributed by atoms with van der Waals surface area (Å²) in [7, 11) is 2.08. The predicted molar refractivity (Wildman–Crippen MR) is 76.4 cm³/mol. The molecule has 0 bridgehead atoms. The number of unbranched alkanes of at least 4 members (excludes halogenated alkanes) is 2. The molecule has 0 aliphatic carbocycles. The lowest BCUT2D eigenvalue weighted by Gasteiger charge is -2.19. The van der Waals surface area contributed by atoms with Crippen molar-refractivity contribution >= 4 is 0 Å². The smallest absolute Gasteiger partial charge is 0.123 e. The maximum absolute atomic E-state index is 12.8. The van der Waals surface area contributed by atoms with Gasteiger partial charge >= 0.3 is 0 Å². The summed E-state index contributed by atoms with van der Waals surface area (Å²) in [6.07, 6.45) is 3.90. The first-order chi connectivity index (χ1) is 9.13. The number of nitrogens with two attached hydrogens (primary N) is 1. The number of aliphatic hydroxyl groups excluding tert-OH is 1. The maximum Gasteiger partial charge on any atom is 0.123 e. The van der Waals surface area contributed by atoms with E-state index < -0.39 is 0 Å². The van der Waals surface area contributed by atoms with E-state index in [1.54, 1.807) is 12.1 Å². The molecule has 0 heterocycles. The normalized spacial score (nSPS) is 12.9. The van der Waals surface area contributed by atoms with Crippen LogP contribution >= 0.6 is 0 Å². The zero-order valence-electron chi connectivity index (χ0n) is 11.7. The fourth-order valence-electron chi connectivity index (χ4n) is 2.02. The van der Waals surface area contributed by atoms with Crippen molar-refractivity contribution in [2.24, 2.45) is 5.73 Å². The number of aliphatic hydroxyl groups is 1. The van der Waals surface area contributed by atoms with Crippen molar-refractivity contribution in [2.45, 2.75) is 31.7 Å². The molecule has 0 saturated carbocycles. The predicted octanol–water partition coefficient (Wildman–Crippen LogP) is 2.31. The molecule has 3 nitrogen and oxygen atoms in total. The Morgan fingerprint density at radius 1 is 1.16 bits per heavy atom. The van der Waals surface area contributed by atoms with Crippen molar-refractivity contribution in [3.8, 4) is 0 Å². The van der Waals surface area contributed by atoms with E-state index in [0.29, 0.717) is 0 Å². The molecule has 3 N–H and O–H groups in total. The molecule has 0 fully saturated rings. The molecule has 4 heteroatoms. The van der Waals surface area contributed by atoms with Crippen LogP contribution in [0.3, 0.4) is 0 Å². The van der Waals surface area contributed by atoms with Gasteiger partial charge in [0, 0.05) is 12.6 Å². The molecule has 1 atom stereocenters. The summed E-state index contributed by atoms with van der Waals surface area (Å²) in [6.45, 7) is 2.23. The van der Waals surface area contributed by atoms with Crippen LogP contribution in [0, 0.1) is 5.82 Å². The van der Waals surface area contributed by atoms with E-state index in [2.05, 4.69) is 11.9 Å². The lowest BCUT2D eigenvalue weighted by atomic mass is 10.0. The van der Waals surface area contributed by atoms with Gasteiger partial charge in [-0.05, 0) is 63.5 Å². The molecule has 108 valence electrons. The lowest BCUT2D eigenvalue weighted by molar-refractivity contribution is 0.270. The molecule has 19 heavy (non-hydrogen) atoms. The highest BCUT2D eigenvalue weighted by Crippen LogP contribution is 2.14. The summed E-state index contributed by atoms with van der Waals surface area (Å²) in [4.78, 5) is 2.25. The summed E-state index contributed by atoms with van der Waals surface area (Å²) in [5.74, 6) is -0.225. The molecule has 0 saturated heterocycles.